The summed E-state index contributed by atoms with van der Waals surface area (Å²) in [5.41, 5.74) is -2.06. The number of aliphatic hydroxyl groups is 1. The van der Waals surface area contributed by atoms with Crippen LogP contribution in [0.3, 0.4) is 0 Å². The summed E-state index contributed by atoms with van der Waals surface area (Å²) in [6.07, 6.45) is 4.90. The molecule has 0 aromatic carbocycles. The van der Waals surface area contributed by atoms with E-state index >= 15 is 0 Å². The van der Waals surface area contributed by atoms with Crippen molar-refractivity contribution in [3.05, 3.63) is 11.7 Å². The van der Waals surface area contributed by atoms with Gasteiger partial charge in [-0.1, -0.05) is 11.1 Å². The first-order valence-electron chi connectivity index (χ1n) is 3.19. The maximum atomic E-state index is 12.2. The van der Waals surface area contributed by atoms with Gasteiger partial charge in [-0.2, -0.15) is 4.98 Å². The molecular weight excluding hydrogens is 163 g/mol. The number of hydrogen-bond donors (Lipinski definition) is 1. The van der Waals surface area contributed by atoms with Crippen LogP contribution in [-0.4, -0.2) is 21.9 Å². The van der Waals surface area contributed by atoms with Gasteiger partial charge in [-0.05, 0) is 0 Å². The van der Waals surface area contributed by atoms with E-state index in [4.69, 9.17) is 6.42 Å². The highest BCUT2D eigenvalue weighted by atomic mass is 19.1. The van der Waals surface area contributed by atoms with Crippen molar-refractivity contribution in [2.45, 2.75) is 12.5 Å². The molecule has 0 aliphatic rings. The zero-order valence-electron chi connectivity index (χ0n) is 6.41. The van der Waals surface area contributed by atoms with Crippen LogP contribution >= 0.6 is 0 Å². The first-order chi connectivity index (χ1) is 5.62. The lowest BCUT2D eigenvalue weighted by Crippen LogP contribution is -2.27. The number of rotatable bonds is 2. The van der Waals surface area contributed by atoms with Crippen LogP contribution in [-0.2, 0) is 5.60 Å². The second kappa shape index (κ2) is 2.91. The molecule has 1 unspecified atom stereocenters. The predicted octanol–water partition coefficient (Wildman–Crippen LogP) is 0.168. The minimum Gasteiger partial charge on any atom is -0.369 e. The minimum atomic E-state index is -2.06. The van der Waals surface area contributed by atoms with E-state index in [0.29, 0.717) is 0 Å². The average Bonchev–Trinajstić information content (AvgIpc) is 2.51. The van der Waals surface area contributed by atoms with Crippen molar-refractivity contribution in [1.29, 1.82) is 0 Å². The SMILES string of the molecule is C#CC(O)(CF)c1noc(C)n1. The maximum absolute atomic E-state index is 12.2. The first kappa shape index (κ1) is 8.68. The molecule has 1 aromatic heterocycles. The number of aryl methyl sites for hydroxylation is 1. The average molecular weight is 170 g/mol. The van der Waals surface area contributed by atoms with Crippen LogP contribution in [0.2, 0.25) is 0 Å². The van der Waals surface area contributed by atoms with Crippen LogP contribution in [0.5, 0.6) is 0 Å². The van der Waals surface area contributed by atoms with Crippen molar-refractivity contribution in [1.82, 2.24) is 10.1 Å². The predicted molar refractivity (Wildman–Crippen MR) is 37.7 cm³/mol. The molecule has 0 spiro atoms. The van der Waals surface area contributed by atoms with Crippen molar-refractivity contribution >= 4 is 0 Å². The molecule has 4 nitrogen and oxygen atoms in total. The summed E-state index contributed by atoms with van der Waals surface area (Å²) in [5.74, 6) is 1.86. The number of terminal acetylenes is 1. The summed E-state index contributed by atoms with van der Waals surface area (Å²) in [5, 5.41) is 12.6. The summed E-state index contributed by atoms with van der Waals surface area (Å²) in [6, 6.07) is 0. The van der Waals surface area contributed by atoms with Gasteiger partial charge in [0, 0.05) is 6.92 Å². The van der Waals surface area contributed by atoms with Crippen molar-refractivity contribution in [2.24, 2.45) is 0 Å². The molecule has 0 saturated heterocycles. The molecule has 64 valence electrons. The summed E-state index contributed by atoms with van der Waals surface area (Å²) in [7, 11) is 0. The molecule has 0 aliphatic heterocycles. The van der Waals surface area contributed by atoms with E-state index in [0.717, 1.165) is 0 Å². The van der Waals surface area contributed by atoms with Gasteiger partial charge in [0.1, 0.15) is 6.67 Å². The van der Waals surface area contributed by atoms with Gasteiger partial charge in [0.15, 0.2) is 0 Å². The molecule has 0 fully saturated rings. The Morgan fingerprint density at radius 1 is 1.83 bits per heavy atom. The van der Waals surface area contributed by atoms with Crippen molar-refractivity contribution in [3.63, 3.8) is 0 Å². The Morgan fingerprint density at radius 2 is 2.50 bits per heavy atom. The Kier molecular flexibility index (Phi) is 2.11. The molecule has 5 heteroatoms. The zero-order chi connectivity index (χ0) is 9.19. The van der Waals surface area contributed by atoms with E-state index < -0.39 is 12.3 Å². The van der Waals surface area contributed by atoms with E-state index in [1.165, 1.54) is 6.92 Å². The van der Waals surface area contributed by atoms with Crippen LogP contribution in [0.4, 0.5) is 4.39 Å². The summed E-state index contributed by atoms with van der Waals surface area (Å²) in [4.78, 5) is 3.61. The fraction of sp³-hybridized carbons (Fsp3) is 0.429. The molecule has 0 aliphatic carbocycles. The molecule has 1 heterocycles. The molecule has 1 aromatic rings. The Bertz CT molecular complexity index is 317. The lowest BCUT2D eigenvalue weighted by Gasteiger charge is -2.11. The second-order valence-corrected chi connectivity index (χ2v) is 2.28. The van der Waals surface area contributed by atoms with Crippen LogP contribution in [0.25, 0.3) is 0 Å². The summed E-state index contributed by atoms with van der Waals surface area (Å²) >= 11 is 0. The molecule has 1 rings (SSSR count). The Labute approximate surface area is 68.4 Å². The third-order valence-electron chi connectivity index (χ3n) is 1.33. The van der Waals surface area contributed by atoms with Crippen molar-refractivity contribution in [3.8, 4) is 12.3 Å². The van der Waals surface area contributed by atoms with E-state index in [1.807, 2.05) is 5.92 Å². The molecule has 0 saturated carbocycles. The van der Waals surface area contributed by atoms with Crippen LogP contribution in [0, 0.1) is 19.3 Å². The largest absolute Gasteiger partial charge is 0.369 e. The number of hydrogen-bond acceptors (Lipinski definition) is 4. The second-order valence-electron chi connectivity index (χ2n) is 2.28. The molecule has 0 amide bonds. The molecular formula is C7H7FN2O2. The fourth-order valence-corrected chi connectivity index (χ4v) is 0.630. The van der Waals surface area contributed by atoms with Gasteiger partial charge in [0.2, 0.25) is 17.3 Å². The van der Waals surface area contributed by atoms with Gasteiger partial charge in [0.25, 0.3) is 0 Å². The highest BCUT2D eigenvalue weighted by molar-refractivity contribution is 5.17. The van der Waals surface area contributed by atoms with E-state index in [9.17, 15) is 9.50 Å². The van der Waals surface area contributed by atoms with Gasteiger partial charge in [-0.3, -0.25) is 0 Å². The monoisotopic (exact) mass is 170 g/mol. The lowest BCUT2D eigenvalue weighted by atomic mass is 10.1. The zero-order valence-corrected chi connectivity index (χ0v) is 6.41. The Morgan fingerprint density at radius 3 is 2.83 bits per heavy atom. The molecule has 1 atom stereocenters. The Balaban J connectivity index is 3.05. The van der Waals surface area contributed by atoms with Gasteiger partial charge >= 0.3 is 0 Å². The normalized spacial score (nSPS) is 15.2. The third-order valence-corrected chi connectivity index (χ3v) is 1.33. The fourth-order valence-electron chi connectivity index (χ4n) is 0.630. The summed E-state index contributed by atoms with van der Waals surface area (Å²) in [6.45, 7) is 0.383. The number of aromatic nitrogens is 2. The van der Waals surface area contributed by atoms with E-state index in [-0.39, 0.29) is 11.7 Å². The number of nitrogens with zero attached hydrogens (tertiary/aromatic N) is 2. The topological polar surface area (TPSA) is 59.2 Å². The van der Waals surface area contributed by atoms with E-state index in [2.05, 4.69) is 14.7 Å². The van der Waals surface area contributed by atoms with Gasteiger partial charge in [-0.25, -0.2) is 4.39 Å². The molecule has 0 radical (unpaired) electrons. The van der Waals surface area contributed by atoms with Crippen LogP contribution in [0.1, 0.15) is 11.7 Å². The summed E-state index contributed by atoms with van der Waals surface area (Å²) < 4.78 is 16.8. The van der Waals surface area contributed by atoms with Gasteiger partial charge in [-0.15, -0.1) is 6.42 Å². The minimum absolute atomic E-state index is 0.218. The van der Waals surface area contributed by atoms with Crippen LogP contribution < -0.4 is 0 Å². The Hall–Kier alpha value is -1.41. The van der Waals surface area contributed by atoms with Crippen molar-refractivity contribution < 1.29 is 14.0 Å². The van der Waals surface area contributed by atoms with Gasteiger partial charge < -0.3 is 9.63 Å². The highest BCUT2D eigenvalue weighted by Gasteiger charge is 2.32. The standard InChI is InChI=1S/C7H7FN2O2/c1-3-7(11,4-8)6-9-5(2)12-10-6/h1,11H,4H2,2H3. The van der Waals surface area contributed by atoms with Crippen molar-refractivity contribution in [2.75, 3.05) is 6.67 Å². The quantitative estimate of drug-likeness (QED) is 0.642. The highest BCUT2D eigenvalue weighted by Crippen LogP contribution is 2.16. The molecule has 12 heavy (non-hydrogen) atoms. The lowest BCUT2D eigenvalue weighted by molar-refractivity contribution is 0.0587. The smallest absolute Gasteiger partial charge is 0.223 e. The van der Waals surface area contributed by atoms with Crippen LogP contribution in [0.15, 0.2) is 4.52 Å². The number of halogens is 1. The third kappa shape index (κ3) is 1.29. The first-order valence-corrected chi connectivity index (χ1v) is 3.19. The van der Waals surface area contributed by atoms with Gasteiger partial charge in [0.05, 0.1) is 0 Å². The van der Waals surface area contributed by atoms with E-state index in [1.54, 1.807) is 0 Å². The molecule has 0 bridgehead atoms. The number of alkyl halides is 1. The maximum Gasteiger partial charge on any atom is 0.223 e. The molecule has 1 N–H and O–H groups in total.